The van der Waals surface area contributed by atoms with E-state index in [0.29, 0.717) is 11.3 Å². The molecule has 0 radical (unpaired) electrons. The van der Waals surface area contributed by atoms with Crippen LogP contribution in [0.3, 0.4) is 0 Å². The standard InChI is InChI=1S/C23H19N3O5S/c1-14-12-18(15(2)26(14)23-24-9-11-32-23)19(27)13-31-22(29)16-5-7-17(8-6-16)25-21(28)20-4-3-10-30-20/h3-12H,13H2,1-2H3,(H,25,28). The van der Waals surface area contributed by atoms with Gasteiger partial charge in [-0.3, -0.25) is 14.2 Å². The summed E-state index contributed by atoms with van der Waals surface area (Å²) in [7, 11) is 0. The molecule has 4 aromatic rings. The number of ether oxygens (including phenoxy) is 1. The fourth-order valence-electron chi connectivity index (χ4n) is 3.25. The van der Waals surface area contributed by atoms with Crippen LogP contribution in [0.4, 0.5) is 5.69 Å². The number of esters is 1. The lowest BCUT2D eigenvalue weighted by atomic mass is 10.1. The number of hydrogen-bond donors (Lipinski definition) is 1. The molecular formula is C23H19N3O5S. The van der Waals surface area contributed by atoms with E-state index >= 15 is 0 Å². The molecule has 4 rings (SSSR count). The molecule has 0 unspecified atom stereocenters. The first-order chi connectivity index (χ1) is 15.4. The smallest absolute Gasteiger partial charge is 0.338 e. The minimum Gasteiger partial charge on any atom is -0.459 e. The highest BCUT2D eigenvalue weighted by atomic mass is 32.1. The highest BCUT2D eigenvalue weighted by Crippen LogP contribution is 2.23. The molecule has 162 valence electrons. The third kappa shape index (κ3) is 4.37. The number of hydrogen-bond acceptors (Lipinski definition) is 7. The lowest BCUT2D eigenvalue weighted by Crippen LogP contribution is -2.15. The Morgan fingerprint density at radius 3 is 2.59 bits per heavy atom. The summed E-state index contributed by atoms with van der Waals surface area (Å²) in [6.07, 6.45) is 3.11. The average Bonchev–Trinajstić information content (AvgIpc) is 3.54. The average molecular weight is 449 g/mol. The maximum atomic E-state index is 12.7. The van der Waals surface area contributed by atoms with Gasteiger partial charge in [-0.2, -0.15) is 0 Å². The molecule has 8 nitrogen and oxygen atoms in total. The predicted molar refractivity (Wildman–Crippen MR) is 119 cm³/mol. The van der Waals surface area contributed by atoms with Crippen molar-refractivity contribution >= 4 is 34.7 Å². The van der Waals surface area contributed by atoms with Gasteiger partial charge in [-0.25, -0.2) is 9.78 Å². The Bertz CT molecular complexity index is 1260. The molecule has 9 heteroatoms. The van der Waals surface area contributed by atoms with Crippen molar-refractivity contribution in [2.75, 3.05) is 11.9 Å². The van der Waals surface area contributed by atoms with Crippen LogP contribution in [0.15, 0.2) is 64.7 Å². The zero-order valence-electron chi connectivity index (χ0n) is 17.3. The molecule has 0 aliphatic heterocycles. The first-order valence-electron chi connectivity index (χ1n) is 9.68. The minimum absolute atomic E-state index is 0.182. The number of carbonyl (C=O) groups is 3. The monoisotopic (exact) mass is 449 g/mol. The van der Waals surface area contributed by atoms with Crippen molar-refractivity contribution < 1.29 is 23.5 Å². The molecule has 0 atom stereocenters. The summed E-state index contributed by atoms with van der Waals surface area (Å²) in [6, 6.07) is 11.1. The summed E-state index contributed by atoms with van der Waals surface area (Å²) in [5.41, 5.74) is 2.87. The first-order valence-corrected chi connectivity index (χ1v) is 10.6. The van der Waals surface area contributed by atoms with Crippen LogP contribution in [0.1, 0.15) is 42.7 Å². The van der Waals surface area contributed by atoms with Crippen molar-refractivity contribution in [3.8, 4) is 5.13 Å². The number of thiazole rings is 1. The van der Waals surface area contributed by atoms with E-state index in [1.165, 1.54) is 29.7 Å². The fourth-order valence-corrected chi connectivity index (χ4v) is 4.00. The van der Waals surface area contributed by atoms with Crippen LogP contribution in [0.5, 0.6) is 0 Å². The second-order valence-electron chi connectivity index (χ2n) is 6.94. The molecule has 0 saturated heterocycles. The molecule has 0 saturated carbocycles. The summed E-state index contributed by atoms with van der Waals surface area (Å²) in [6.45, 7) is 3.35. The second kappa shape index (κ2) is 9.03. The Morgan fingerprint density at radius 2 is 1.94 bits per heavy atom. The summed E-state index contributed by atoms with van der Waals surface area (Å²) in [5, 5.41) is 5.30. The van der Waals surface area contributed by atoms with Crippen molar-refractivity contribution in [3.05, 3.63) is 88.6 Å². The normalized spacial score (nSPS) is 10.7. The number of amides is 1. The number of rotatable bonds is 7. The van der Waals surface area contributed by atoms with Gasteiger partial charge in [0.2, 0.25) is 5.78 Å². The molecule has 0 aliphatic carbocycles. The van der Waals surface area contributed by atoms with Crippen LogP contribution >= 0.6 is 11.3 Å². The van der Waals surface area contributed by atoms with Crippen LogP contribution in [-0.4, -0.2) is 33.8 Å². The molecule has 1 aromatic carbocycles. The van der Waals surface area contributed by atoms with E-state index in [1.807, 2.05) is 23.8 Å². The Morgan fingerprint density at radius 1 is 1.16 bits per heavy atom. The Labute approximate surface area is 187 Å². The summed E-state index contributed by atoms with van der Waals surface area (Å²) in [5.74, 6) is -1.14. The first kappa shape index (κ1) is 21.3. The number of carbonyl (C=O) groups excluding carboxylic acids is 3. The van der Waals surface area contributed by atoms with Crippen molar-refractivity contribution in [2.45, 2.75) is 13.8 Å². The highest BCUT2D eigenvalue weighted by molar-refractivity contribution is 7.12. The van der Waals surface area contributed by atoms with Crippen molar-refractivity contribution in [2.24, 2.45) is 0 Å². The topological polar surface area (TPSA) is 103 Å². The van der Waals surface area contributed by atoms with Crippen LogP contribution in [-0.2, 0) is 4.74 Å². The molecule has 3 aromatic heterocycles. The van der Waals surface area contributed by atoms with Crippen LogP contribution in [0.25, 0.3) is 5.13 Å². The Kier molecular flexibility index (Phi) is 6.00. The molecule has 0 spiro atoms. The number of Topliss-reactive ketones (excluding diaryl/α,β-unsaturated/α-hetero) is 1. The Balaban J connectivity index is 1.37. The van der Waals surface area contributed by atoms with Gasteiger partial charge in [-0.05, 0) is 56.3 Å². The summed E-state index contributed by atoms with van der Waals surface area (Å²) < 4.78 is 12.1. The molecule has 0 aliphatic rings. The molecule has 32 heavy (non-hydrogen) atoms. The lowest BCUT2D eigenvalue weighted by Gasteiger charge is -2.07. The van der Waals surface area contributed by atoms with Gasteiger partial charge in [0.1, 0.15) is 0 Å². The second-order valence-corrected chi connectivity index (χ2v) is 7.82. The van der Waals surface area contributed by atoms with Crippen LogP contribution < -0.4 is 5.32 Å². The third-order valence-electron chi connectivity index (χ3n) is 4.80. The van der Waals surface area contributed by atoms with Gasteiger partial charge < -0.3 is 14.5 Å². The lowest BCUT2D eigenvalue weighted by molar-refractivity contribution is 0.0474. The van der Waals surface area contributed by atoms with E-state index in [2.05, 4.69) is 10.3 Å². The molecule has 3 heterocycles. The molecule has 0 fully saturated rings. The highest BCUT2D eigenvalue weighted by Gasteiger charge is 2.19. The van der Waals surface area contributed by atoms with E-state index in [1.54, 1.807) is 36.5 Å². The van der Waals surface area contributed by atoms with Gasteiger partial charge in [-0.15, -0.1) is 11.3 Å². The number of ketones is 1. The van der Waals surface area contributed by atoms with Crippen molar-refractivity contribution in [1.29, 1.82) is 0 Å². The van der Waals surface area contributed by atoms with Gasteiger partial charge in [0.15, 0.2) is 17.5 Å². The molecule has 1 N–H and O–H groups in total. The number of aryl methyl sites for hydroxylation is 1. The van der Waals surface area contributed by atoms with Gasteiger partial charge in [-0.1, -0.05) is 0 Å². The van der Waals surface area contributed by atoms with E-state index in [9.17, 15) is 14.4 Å². The van der Waals surface area contributed by atoms with E-state index in [0.717, 1.165) is 16.5 Å². The number of aromatic nitrogens is 2. The number of furan rings is 1. The zero-order chi connectivity index (χ0) is 22.7. The number of nitrogens with zero attached hydrogens (tertiary/aromatic N) is 2. The minimum atomic E-state index is -0.629. The number of benzene rings is 1. The largest absolute Gasteiger partial charge is 0.459 e. The van der Waals surface area contributed by atoms with E-state index in [4.69, 9.17) is 9.15 Å². The van der Waals surface area contributed by atoms with Gasteiger partial charge in [0.25, 0.3) is 5.91 Å². The number of anilines is 1. The van der Waals surface area contributed by atoms with Crippen molar-refractivity contribution in [1.82, 2.24) is 9.55 Å². The van der Waals surface area contributed by atoms with Crippen LogP contribution in [0.2, 0.25) is 0 Å². The van der Waals surface area contributed by atoms with E-state index < -0.39 is 11.9 Å². The number of nitrogens with one attached hydrogen (secondary N) is 1. The quantitative estimate of drug-likeness (QED) is 0.331. The third-order valence-corrected chi connectivity index (χ3v) is 5.56. The van der Waals surface area contributed by atoms with Crippen LogP contribution in [0, 0.1) is 13.8 Å². The SMILES string of the molecule is Cc1cc(C(=O)COC(=O)c2ccc(NC(=O)c3ccco3)cc2)c(C)n1-c1nccs1. The maximum absolute atomic E-state index is 12.7. The van der Waals surface area contributed by atoms with Gasteiger partial charge >= 0.3 is 5.97 Å². The Hall–Kier alpha value is -3.98. The van der Waals surface area contributed by atoms with Crippen molar-refractivity contribution in [3.63, 3.8) is 0 Å². The van der Waals surface area contributed by atoms with Gasteiger partial charge in [0, 0.05) is 34.2 Å². The van der Waals surface area contributed by atoms with E-state index in [-0.39, 0.29) is 23.7 Å². The molecule has 1 amide bonds. The molecule has 0 bridgehead atoms. The fraction of sp³-hybridized carbons (Fsp3) is 0.130. The predicted octanol–water partition coefficient (Wildman–Crippen LogP) is 4.44. The maximum Gasteiger partial charge on any atom is 0.338 e. The summed E-state index contributed by atoms with van der Waals surface area (Å²) >= 11 is 1.47. The van der Waals surface area contributed by atoms with Gasteiger partial charge in [0.05, 0.1) is 11.8 Å². The zero-order valence-corrected chi connectivity index (χ0v) is 18.1. The summed E-state index contributed by atoms with van der Waals surface area (Å²) in [4.78, 5) is 41.3. The molecular weight excluding hydrogens is 430 g/mol.